The largest absolute Gasteiger partial charge is 0.493 e. The molecule has 1 aliphatic rings. The molecule has 0 radical (unpaired) electrons. The van der Waals surface area contributed by atoms with Crippen molar-refractivity contribution in [3.63, 3.8) is 0 Å². The van der Waals surface area contributed by atoms with E-state index >= 15 is 0 Å². The van der Waals surface area contributed by atoms with E-state index in [1.807, 2.05) is 12.1 Å². The number of benzene rings is 1. The quantitative estimate of drug-likeness (QED) is 0.599. The van der Waals surface area contributed by atoms with E-state index in [4.69, 9.17) is 14.5 Å². The predicted octanol–water partition coefficient (Wildman–Crippen LogP) is 2.74. The number of nitrogens with one attached hydrogen (secondary N) is 2. The van der Waals surface area contributed by atoms with Crippen LogP contribution in [0.25, 0.3) is 0 Å². The van der Waals surface area contributed by atoms with Crippen LogP contribution in [0.15, 0.2) is 23.2 Å². The molecule has 0 heterocycles. The zero-order valence-electron chi connectivity index (χ0n) is 14.5. The zero-order valence-corrected chi connectivity index (χ0v) is 14.5. The summed E-state index contributed by atoms with van der Waals surface area (Å²) in [5.74, 6) is 2.46. The van der Waals surface area contributed by atoms with Gasteiger partial charge in [0.2, 0.25) is 0 Å². The molecule has 5 heteroatoms. The molecule has 0 amide bonds. The molecule has 128 valence electrons. The molecule has 0 saturated heterocycles. The van der Waals surface area contributed by atoms with Crippen LogP contribution < -0.4 is 20.1 Å². The summed E-state index contributed by atoms with van der Waals surface area (Å²) in [5.41, 5.74) is 1.20. The minimum Gasteiger partial charge on any atom is -0.493 e. The van der Waals surface area contributed by atoms with E-state index in [9.17, 15) is 0 Å². The van der Waals surface area contributed by atoms with Crippen LogP contribution >= 0.6 is 0 Å². The summed E-state index contributed by atoms with van der Waals surface area (Å²) in [5, 5.41) is 6.87. The first-order chi connectivity index (χ1) is 11.3. The van der Waals surface area contributed by atoms with Crippen molar-refractivity contribution in [2.24, 2.45) is 4.99 Å². The first kappa shape index (κ1) is 17.4. The normalized spacial score (nSPS) is 15.5. The maximum Gasteiger partial charge on any atom is 0.191 e. The summed E-state index contributed by atoms with van der Waals surface area (Å²) in [7, 11) is 3.31. The molecule has 1 aliphatic carbocycles. The van der Waals surface area contributed by atoms with E-state index in [0.717, 1.165) is 37.0 Å². The molecule has 23 heavy (non-hydrogen) atoms. The van der Waals surface area contributed by atoms with E-state index in [1.165, 1.54) is 31.2 Å². The molecule has 1 fully saturated rings. The van der Waals surface area contributed by atoms with Crippen LogP contribution in [0, 0.1) is 0 Å². The van der Waals surface area contributed by atoms with E-state index in [0.29, 0.717) is 6.04 Å². The Hall–Kier alpha value is -1.91. The molecule has 0 bridgehead atoms. The van der Waals surface area contributed by atoms with Gasteiger partial charge in [-0.15, -0.1) is 0 Å². The molecule has 0 aliphatic heterocycles. The lowest BCUT2D eigenvalue weighted by molar-refractivity contribution is 0.354. The number of aliphatic imine (C=N–C) groups is 1. The average molecular weight is 319 g/mol. The Labute approximate surface area is 139 Å². The number of nitrogens with zero attached hydrogens (tertiary/aromatic N) is 1. The smallest absolute Gasteiger partial charge is 0.191 e. The number of hydrogen-bond donors (Lipinski definition) is 2. The first-order valence-corrected chi connectivity index (χ1v) is 8.52. The summed E-state index contributed by atoms with van der Waals surface area (Å²) in [4.78, 5) is 4.69. The highest BCUT2D eigenvalue weighted by molar-refractivity contribution is 5.80. The maximum atomic E-state index is 5.35. The molecule has 1 aromatic carbocycles. The van der Waals surface area contributed by atoms with Crippen molar-refractivity contribution in [2.45, 2.75) is 45.1 Å². The van der Waals surface area contributed by atoms with Gasteiger partial charge in [-0.1, -0.05) is 18.9 Å². The monoisotopic (exact) mass is 319 g/mol. The second-order valence-electron chi connectivity index (χ2n) is 5.83. The van der Waals surface area contributed by atoms with E-state index in [2.05, 4.69) is 23.6 Å². The van der Waals surface area contributed by atoms with Gasteiger partial charge in [0.1, 0.15) is 0 Å². The van der Waals surface area contributed by atoms with Gasteiger partial charge in [-0.3, -0.25) is 4.99 Å². The standard InChI is InChI=1S/C18H29N3O2/c1-4-19-18(21-15-7-5-6-8-15)20-12-11-14-9-10-16(22-2)17(13-14)23-3/h9-10,13,15H,4-8,11-12H2,1-3H3,(H2,19,20,21). The Balaban J connectivity index is 1.91. The summed E-state index contributed by atoms with van der Waals surface area (Å²) in [6.45, 7) is 3.73. The number of ether oxygens (including phenoxy) is 2. The molecule has 0 atom stereocenters. The van der Waals surface area contributed by atoms with Crippen molar-refractivity contribution in [2.75, 3.05) is 27.3 Å². The van der Waals surface area contributed by atoms with Crippen molar-refractivity contribution in [1.82, 2.24) is 10.6 Å². The molecule has 0 aromatic heterocycles. The highest BCUT2D eigenvalue weighted by atomic mass is 16.5. The Bertz CT molecular complexity index is 511. The molecule has 0 unspecified atom stereocenters. The van der Waals surface area contributed by atoms with Gasteiger partial charge in [0.25, 0.3) is 0 Å². The molecule has 0 spiro atoms. The molecule has 5 nitrogen and oxygen atoms in total. The molecule has 2 rings (SSSR count). The number of methoxy groups -OCH3 is 2. The Kier molecular flexibility index (Phi) is 7.04. The lowest BCUT2D eigenvalue weighted by Gasteiger charge is -2.16. The Morgan fingerprint density at radius 2 is 1.91 bits per heavy atom. The van der Waals surface area contributed by atoms with Crippen LogP contribution in [-0.2, 0) is 6.42 Å². The first-order valence-electron chi connectivity index (χ1n) is 8.52. The lowest BCUT2D eigenvalue weighted by atomic mass is 10.1. The van der Waals surface area contributed by atoms with Crippen LogP contribution in [0.1, 0.15) is 38.2 Å². The van der Waals surface area contributed by atoms with Gasteiger partial charge in [0, 0.05) is 19.1 Å². The van der Waals surface area contributed by atoms with Gasteiger partial charge in [-0.2, -0.15) is 0 Å². The third-order valence-corrected chi connectivity index (χ3v) is 4.16. The van der Waals surface area contributed by atoms with Crippen molar-refractivity contribution in [3.8, 4) is 11.5 Å². The van der Waals surface area contributed by atoms with Crippen LogP contribution in [0.2, 0.25) is 0 Å². The molecule has 1 saturated carbocycles. The number of guanidine groups is 1. The summed E-state index contributed by atoms with van der Waals surface area (Å²) >= 11 is 0. The number of rotatable bonds is 7. The van der Waals surface area contributed by atoms with Crippen molar-refractivity contribution in [1.29, 1.82) is 0 Å². The summed E-state index contributed by atoms with van der Waals surface area (Å²) in [6, 6.07) is 6.61. The fourth-order valence-electron chi connectivity index (χ4n) is 2.92. The number of hydrogen-bond acceptors (Lipinski definition) is 3. The van der Waals surface area contributed by atoms with E-state index < -0.39 is 0 Å². The van der Waals surface area contributed by atoms with Gasteiger partial charge < -0.3 is 20.1 Å². The SMILES string of the molecule is CCNC(=NCCc1ccc(OC)c(OC)c1)NC1CCCC1. The zero-order chi connectivity index (χ0) is 16.5. The molecular weight excluding hydrogens is 290 g/mol. The van der Waals surface area contributed by atoms with Gasteiger partial charge in [-0.05, 0) is 43.9 Å². The van der Waals surface area contributed by atoms with Gasteiger partial charge >= 0.3 is 0 Å². The van der Waals surface area contributed by atoms with Gasteiger partial charge in [-0.25, -0.2) is 0 Å². The van der Waals surface area contributed by atoms with Crippen molar-refractivity contribution in [3.05, 3.63) is 23.8 Å². The van der Waals surface area contributed by atoms with Crippen molar-refractivity contribution >= 4 is 5.96 Å². The highest BCUT2D eigenvalue weighted by Crippen LogP contribution is 2.27. The molecule has 2 N–H and O–H groups in total. The minimum absolute atomic E-state index is 0.578. The fraction of sp³-hybridized carbons (Fsp3) is 0.611. The van der Waals surface area contributed by atoms with E-state index in [1.54, 1.807) is 14.2 Å². The predicted molar refractivity (Wildman–Crippen MR) is 94.6 cm³/mol. The molecule has 1 aromatic rings. The Morgan fingerprint density at radius 1 is 1.17 bits per heavy atom. The van der Waals surface area contributed by atoms with Crippen LogP contribution in [0.4, 0.5) is 0 Å². The lowest BCUT2D eigenvalue weighted by Crippen LogP contribution is -2.42. The highest BCUT2D eigenvalue weighted by Gasteiger charge is 2.15. The second-order valence-corrected chi connectivity index (χ2v) is 5.83. The average Bonchev–Trinajstić information content (AvgIpc) is 3.07. The third-order valence-electron chi connectivity index (χ3n) is 4.16. The minimum atomic E-state index is 0.578. The van der Waals surface area contributed by atoms with Gasteiger partial charge in [0.05, 0.1) is 14.2 Å². The van der Waals surface area contributed by atoms with Crippen LogP contribution in [0.3, 0.4) is 0 Å². The van der Waals surface area contributed by atoms with Crippen molar-refractivity contribution < 1.29 is 9.47 Å². The topological polar surface area (TPSA) is 54.9 Å². The third kappa shape index (κ3) is 5.34. The van der Waals surface area contributed by atoms with E-state index in [-0.39, 0.29) is 0 Å². The Morgan fingerprint density at radius 3 is 2.57 bits per heavy atom. The maximum absolute atomic E-state index is 5.35. The van der Waals surface area contributed by atoms with Crippen LogP contribution in [0.5, 0.6) is 11.5 Å². The fourth-order valence-corrected chi connectivity index (χ4v) is 2.92. The van der Waals surface area contributed by atoms with Gasteiger partial charge in [0.15, 0.2) is 17.5 Å². The summed E-state index contributed by atoms with van der Waals surface area (Å²) < 4.78 is 10.6. The molecular formula is C18H29N3O2. The van der Waals surface area contributed by atoms with Crippen LogP contribution in [-0.4, -0.2) is 39.3 Å². The second kappa shape index (κ2) is 9.28. The summed E-state index contributed by atoms with van der Waals surface area (Å²) in [6.07, 6.45) is 6.02.